The van der Waals surface area contributed by atoms with Gasteiger partial charge in [-0.3, -0.25) is 4.79 Å². The topological polar surface area (TPSA) is 78.4 Å². The first-order valence-corrected chi connectivity index (χ1v) is 7.02. The number of rotatable bonds is 2. The molecule has 0 aromatic heterocycles. The normalized spacial score (nSPS) is 16.7. The van der Waals surface area contributed by atoms with E-state index in [9.17, 15) is 18.0 Å². The van der Waals surface area contributed by atoms with Crippen LogP contribution in [0.25, 0.3) is 0 Å². The molecular formula is C15H19F3N2O3. The number of carbonyl (C=O) groups excluding carboxylic acids is 1. The second-order valence-electron chi connectivity index (χ2n) is 5.43. The van der Waals surface area contributed by atoms with Crippen LogP contribution in [0.4, 0.5) is 13.2 Å². The maximum absolute atomic E-state index is 12.0. The number of amides is 1. The van der Waals surface area contributed by atoms with Crippen LogP contribution in [0.3, 0.4) is 0 Å². The molecule has 5 nitrogen and oxygen atoms in total. The van der Waals surface area contributed by atoms with Crippen molar-refractivity contribution in [2.45, 2.75) is 31.5 Å². The molecule has 2 rings (SSSR count). The van der Waals surface area contributed by atoms with Gasteiger partial charge in [0.05, 0.1) is 0 Å². The Morgan fingerprint density at radius 1 is 1.17 bits per heavy atom. The van der Waals surface area contributed by atoms with Crippen LogP contribution in [0, 0.1) is 0 Å². The summed E-state index contributed by atoms with van der Waals surface area (Å²) in [4.78, 5) is 20.9. The Balaban J connectivity index is 0.000000322. The summed E-state index contributed by atoms with van der Waals surface area (Å²) in [5.41, 5.74) is 0.681. The van der Waals surface area contributed by atoms with E-state index in [1.807, 2.05) is 30.3 Å². The van der Waals surface area contributed by atoms with Crippen molar-refractivity contribution in [1.29, 1.82) is 0 Å². The summed E-state index contributed by atoms with van der Waals surface area (Å²) in [6, 6.07) is 9.39. The van der Waals surface area contributed by atoms with Gasteiger partial charge >= 0.3 is 12.1 Å². The van der Waals surface area contributed by atoms with Crippen molar-refractivity contribution in [3.05, 3.63) is 35.9 Å². The third-order valence-corrected chi connectivity index (χ3v) is 3.40. The van der Waals surface area contributed by atoms with Crippen molar-refractivity contribution in [2.24, 2.45) is 0 Å². The molecule has 0 spiro atoms. The zero-order chi connectivity index (χ0) is 17.5. The van der Waals surface area contributed by atoms with Crippen molar-refractivity contribution in [3.63, 3.8) is 0 Å². The summed E-state index contributed by atoms with van der Waals surface area (Å²) in [5.74, 6) is -2.72. The van der Waals surface area contributed by atoms with Crippen LogP contribution in [-0.2, 0) is 4.79 Å². The molecule has 1 saturated heterocycles. The van der Waals surface area contributed by atoms with E-state index in [1.54, 1.807) is 0 Å². The smallest absolute Gasteiger partial charge is 0.475 e. The van der Waals surface area contributed by atoms with Crippen LogP contribution in [0.5, 0.6) is 0 Å². The molecule has 0 radical (unpaired) electrons. The third-order valence-electron chi connectivity index (χ3n) is 3.40. The first-order chi connectivity index (χ1) is 10.6. The fourth-order valence-electron chi connectivity index (χ4n) is 2.04. The second kappa shape index (κ2) is 7.96. The number of hydrogen-bond donors (Lipinski definition) is 3. The van der Waals surface area contributed by atoms with Gasteiger partial charge in [-0.05, 0) is 45.0 Å². The van der Waals surface area contributed by atoms with Gasteiger partial charge in [-0.15, -0.1) is 0 Å². The predicted octanol–water partition coefficient (Wildman–Crippen LogP) is 2.19. The standard InChI is InChI=1S/C13H18N2O.C2HF3O2/c1-13(7-9-14-10-8-13)15-12(16)11-5-3-2-4-6-11;3-2(4,5)1(6)7/h2-6,14H,7-10H2,1H3,(H,15,16);(H,6,7). The molecule has 1 aromatic carbocycles. The quantitative estimate of drug-likeness (QED) is 0.776. The number of nitrogens with one attached hydrogen (secondary N) is 2. The summed E-state index contributed by atoms with van der Waals surface area (Å²) >= 11 is 0. The lowest BCUT2D eigenvalue weighted by molar-refractivity contribution is -0.192. The van der Waals surface area contributed by atoms with Crippen molar-refractivity contribution in [2.75, 3.05) is 13.1 Å². The molecule has 1 fully saturated rings. The number of aliphatic carboxylic acids is 1. The number of alkyl halides is 3. The summed E-state index contributed by atoms with van der Waals surface area (Å²) in [6.45, 7) is 4.08. The van der Waals surface area contributed by atoms with Crippen molar-refractivity contribution < 1.29 is 27.9 Å². The van der Waals surface area contributed by atoms with E-state index in [1.165, 1.54) is 0 Å². The van der Waals surface area contributed by atoms with Crippen LogP contribution >= 0.6 is 0 Å². The van der Waals surface area contributed by atoms with Gasteiger partial charge in [-0.1, -0.05) is 18.2 Å². The fourth-order valence-corrected chi connectivity index (χ4v) is 2.04. The van der Waals surface area contributed by atoms with E-state index in [2.05, 4.69) is 17.6 Å². The van der Waals surface area contributed by atoms with Crippen LogP contribution in [0.2, 0.25) is 0 Å². The molecule has 1 amide bonds. The Labute approximate surface area is 131 Å². The molecule has 1 heterocycles. The molecule has 0 unspecified atom stereocenters. The van der Waals surface area contributed by atoms with Gasteiger partial charge in [0.1, 0.15) is 0 Å². The molecular weight excluding hydrogens is 313 g/mol. The Bertz CT molecular complexity index is 527. The lowest BCUT2D eigenvalue weighted by atomic mass is 9.90. The Morgan fingerprint density at radius 2 is 1.65 bits per heavy atom. The molecule has 1 aromatic rings. The summed E-state index contributed by atoms with van der Waals surface area (Å²) in [6.07, 6.45) is -3.10. The lowest BCUT2D eigenvalue weighted by Gasteiger charge is -2.35. The average molecular weight is 332 g/mol. The minimum absolute atomic E-state index is 0.0324. The molecule has 23 heavy (non-hydrogen) atoms. The van der Waals surface area contributed by atoms with E-state index < -0.39 is 12.1 Å². The van der Waals surface area contributed by atoms with Gasteiger partial charge in [-0.25, -0.2) is 4.79 Å². The SMILES string of the molecule is CC1(NC(=O)c2ccccc2)CCNCC1.O=C(O)C(F)(F)F. The third kappa shape index (κ3) is 6.68. The number of halogens is 3. The largest absolute Gasteiger partial charge is 0.490 e. The molecule has 1 aliphatic heterocycles. The molecule has 3 N–H and O–H groups in total. The number of benzene rings is 1. The van der Waals surface area contributed by atoms with Gasteiger partial charge in [0.25, 0.3) is 5.91 Å². The van der Waals surface area contributed by atoms with Gasteiger partial charge in [0, 0.05) is 11.1 Å². The molecule has 0 saturated carbocycles. The van der Waals surface area contributed by atoms with Crippen LogP contribution in [0.15, 0.2) is 30.3 Å². The predicted molar refractivity (Wildman–Crippen MR) is 78.1 cm³/mol. The lowest BCUT2D eigenvalue weighted by Crippen LogP contribution is -2.52. The number of hydrogen-bond acceptors (Lipinski definition) is 3. The molecule has 128 valence electrons. The van der Waals surface area contributed by atoms with Gasteiger partial charge in [-0.2, -0.15) is 13.2 Å². The summed E-state index contributed by atoms with van der Waals surface area (Å²) < 4.78 is 31.7. The zero-order valence-electron chi connectivity index (χ0n) is 12.6. The molecule has 0 bridgehead atoms. The Morgan fingerprint density at radius 3 is 2.09 bits per heavy atom. The van der Waals surface area contributed by atoms with Crippen LogP contribution in [0.1, 0.15) is 30.1 Å². The summed E-state index contributed by atoms with van der Waals surface area (Å²) in [7, 11) is 0. The molecule has 0 atom stereocenters. The highest BCUT2D eigenvalue weighted by molar-refractivity contribution is 5.94. The van der Waals surface area contributed by atoms with E-state index in [0.29, 0.717) is 0 Å². The highest BCUT2D eigenvalue weighted by atomic mass is 19.4. The van der Waals surface area contributed by atoms with Crippen LogP contribution in [-0.4, -0.2) is 41.8 Å². The molecule has 1 aliphatic rings. The average Bonchev–Trinajstić information content (AvgIpc) is 2.48. The van der Waals surface area contributed by atoms with Gasteiger partial charge in [0.2, 0.25) is 0 Å². The highest BCUT2D eigenvalue weighted by Crippen LogP contribution is 2.17. The minimum atomic E-state index is -5.08. The molecule has 0 aliphatic carbocycles. The van der Waals surface area contributed by atoms with Crippen LogP contribution < -0.4 is 10.6 Å². The van der Waals surface area contributed by atoms with E-state index in [4.69, 9.17) is 9.90 Å². The fraction of sp³-hybridized carbons (Fsp3) is 0.467. The minimum Gasteiger partial charge on any atom is -0.475 e. The Hall–Kier alpha value is -2.09. The van der Waals surface area contributed by atoms with E-state index in [0.717, 1.165) is 31.5 Å². The number of carboxylic acids is 1. The summed E-state index contributed by atoms with van der Waals surface area (Å²) in [5, 5.41) is 13.6. The highest BCUT2D eigenvalue weighted by Gasteiger charge is 2.38. The van der Waals surface area contributed by atoms with E-state index >= 15 is 0 Å². The molecule has 8 heteroatoms. The number of piperidine rings is 1. The number of carbonyl (C=O) groups is 2. The monoisotopic (exact) mass is 332 g/mol. The first kappa shape index (κ1) is 19.0. The number of carboxylic acid groups (broad SMARTS) is 1. The Kier molecular flexibility index (Phi) is 6.56. The van der Waals surface area contributed by atoms with Crippen molar-refractivity contribution in [1.82, 2.24) is 10.6 Å². The first-order valence-electron chi connectivity index (χ1n) is 7.02. The zero-order valence-corrected chi connectivity index (χ0v) is 12.6. The van der Waals surface area contributed by atoms with Gasteiger partial charge in [0.15, 0.2) is 0 Å². The van der Waals surface area contributed by atoms with Crippen molar-refractivity contribution >= 4 is 11.9 Å². The maximum Gasteiger partial charge on any atom is 0.490 e. The maximum atomic E-state index is 12.0. The van der Waals surface area contributed by atoms with Crippen molar-refractivity contribution in [3.8, 4) is 0 Å². The second-order valence-corrected chi connectivity index (χ2v) is 5.43. The van der Waals surface area contributed by atoms with E-state index in [-0.39, 0.29) is 11.4 Å². The van der Waals surface area contributed by atoms with Gasteiger partial charge < -0.3 is 15.7 Å².